The molecule has 9 heteroatoms. The van der Waals surface area contributed by atoms with Crippen LogP contribution in [-0.4, -0.2) is 85.4 Å². The largest absolute Gasteiger partial charge is 0.389 e. The molecule has 1 aromatic heterocycles. The highest BCUT2D eigenvalue weighted by atomic mass is 16.5. The molecular formula is C19H29N5O4. The Bertz CT molecular complexity index is 699. The van der Waals surface area contributed by atoms with Crippen LogP contribution in [0.5, 0.6) is 0 Å². The Labute approximate surface area is 164 Å². The lowest BCUT2D eigenvalue weighted by Crippen LogP contribution is -2.46. The number of aromatic nitrogens is 1. The van der Waals surface area contributed by atoms with Crippen molar-refractivity contribution in [2.24, 2.45) is 0 Å². The Morgan fingerprint density at radius 3 is 3.04 bits per heavy atom. The average Bonchev–Trinajstić information content (AvgIpc) is 2.71. The van der Waals surface area contributed by atoms with Crippen molar-refractivity contribution in [2.45, 2.75) is 31.4 Å². The van der Waals surface area contributed by atoms with Crippen molar-refractivity contribution in [3.05, 3.63) is 23.5 Å². The average molecular weight is 391 g/mol. The van der Waals surface area contributed by atoms with E-state index >= 15 is 0 Å². The van der Waals surface area contributed by atoms with Crippen molar-refractivity contribution in [1.29, 1.82) is 0 Å². The van der Waals surface area contributed by atoms with Gasteiger partial charge in [-0.2, -0.15) is 0 Å². The predicted molar refractivity (Wildman–Crippen MR) is 104 cm³/mol. The molecule has 1 aromatic rings. The highest BCUT2D eigenvalue weighted by molar-refractivity contribution is 5.92. The molecule has 2 aliphatic heterocycles. The van der Waals surface area contributed by atoms with Gasteiger partial charge < -0.3 is 25.8 Å². The monoisotopic (exact) mass is 391 g/mol. The van der Waals surface area contributed by atoms with Crippen LogP contribution in [0.2, 0.25) is 0 Å². The second kappa shape index (κ2) is 9.81. The summed E-state index contributed by atoms with van der Waals surface area (Å²) in [6, 6.07) is 3.58. The number of aliphatic hydroxyl groups is 1. The Balaban J connectivity index is 1.38. The van der Waals surface area contributed by atoms with Gasteiger partial charge in [-0.05, 0) is 32.0 Å². The van der Waals surface area contributed by atoms with E-state index in [9.17, 15) is 14.7 Å². The molecule has 0 spiro atoms. The first-order chi connectivity index (χ1) is 13.5. The number of aliphatic hydroxyl groups excluding tert-OH is 1. The summed E-state index contributed by atoms with van der Waals surface area (Å²) in [7, 11) is 1.97. The van der Waals surface area contributed by atoms with Crippen LogP contribution in [0.3, 0.4) is 0 Å². The van der Waals surface area contributed by atoms with Crippen LogP contribution in [0, 0.1) is 0 Å². The Kier molecular flexibility index (Phi) is 7.18. The number of aryl methyl sites for hydroxylation is 1. The number of likely N-dealkylation sites (N-methyl/N-ethyl adjacent to an activating group) is 1. The van der Waals surface area contributed by atoms with E-state index in [1.165, 1.54) is 0 Å². The molecule has 3 rings (SSSR count). The number of carbonyl (C=O) groups excluding carboxylic acids is 2. The van der Waals surface area contributed by atoms with Crippen molar-refractivity contribution in [2.75, 3.05) is 51.8 Å². The van der Waals surface area contributed by atoms with E-state index in [0.29, 0.717) is 25.3 Å². The summed E-state index contributed by atoms with van der Waals surface area (Å²) < 4.78 is 5.39. The molecule has 0 saturated carbocycles. The van der Waals surface area contributed by atoms with Gasteiger partial charge in [0.25, 0.3) is 5.91 Å². The number of morpholine rings is 1. The molecule has 0 radical (unpaired) electrons. The third-order valence-corrected chi connectivity index (χ3v) is 5.09. The van der Waals surface area contributed by atoms with Crippen molar-refractivity contribution in [1.82, 2.24) is 20.5 Å². The van der Waals surface area contributed by atoms with Crippen LogP contribution < -0.4 is 16.0 Å². The fourth-order valence-electron chi connectivity index (χ4n) is 3.30. The van der Waals surface area contributed by atoms with Gasteiger partial charge in [-0.3, -0.25) is 14.5 Å². The SMILES string of the molecule is CN1CCOCC1CC(=O)NCC(O)CNC(=O)c1ccc2c(n1)CCCN2. The molecule has 0 aromatic carbocycles. The van der Waals surface area contributed by atoms with Crippen LogP contribution in [0.1, 0.15) is 29.0 Å². The number of pyridine rings is 1. The Morgan fingerprint density at radius 2 is 2.21 bits per heavy atom. The molecule has 0 bridgehead atoms. The quantitative estimate of drug-likeness (QED) is 0.489. The topological polar surface area (TPSA) is 116 Å². The number of amides is 2. The number of nitrogens with one attached hydrogen (secondary N) is 3. The maximum atomic E-state index is 12.3. The van der Waals surface area contributed by atoms with Gasteiger partial charge in [0.05, 0.1) is 30.7 Å². The van der Waals surface area contributed by atoms with E-state index in [4.69, 9.17) is 4.74 Å². The fourth-order valence-corrected chi connectivity index (χ4v) is 3.30. The molecule has 2 aliphatic rings. The third kappa shape index (κ3) is 5.63. The number of fused-ring (bicyclic) bond motifs is 1. The first kappa shape index (κ1) is 20.5. The summed E-state index contributed by atoms with van der Waals surface area (Å²) in [6.07, 6.45) is 1.29. The number of rotatable bonds is 7. The molecule has 2 unspecified atom stereocenters. The normalized spacial score (nSPS) is 20.6. The molecular weight excluding hydrogens is 362 g/mol. The summed E-state index contributed by atoms with van der Waals surface area (Å²) in [5.74, 6) is -0.476. The van der Waals surface area contributed by atoms with Crippen LogP contribution in [0.15, 0.2) is 12.1 Å². The zero-order valence-corrected chi connectivity index (χ0v) is 16.2. The lowest BCUT2D eigenvalue weighted by molar-refractivity contribution is -0.124. The summed E-state index contributed by atoms with van der Waals surface area (Å²) in [5.41, 5.74) is 2.20. The zero-order valence-electron chi connectivity index (χ0n) is 16.2. The van der Waals surface area contributed by atoms with Crippen LogP contribution >= 0.6 is 0 Å². The molecule has 4 N–H and O–H groups in total. The highest BCUT2D eigenvalue weighted by Gasteiger charge is 2.22. The minimum absolute atomic E-state index is 0.0442. The second-order valence-corrected chi connectivity index (χ2v) is 7.30. The Morgan fingerprint density at radius 1 is 1.39 bits per heavy atom. The van der Waals surface area contributed by atoms with Gasteiger partial charge in [0.2, 0.25) is 5.91 Å². The van der Waals surface area contributed by atoms with Crippen molar-refractivity contribution in [3.63, 3.8) is 0 Å². The predicted octanol–water partition coefficient (Wildman–Crippen LogP) is -0.633. The van der Waals surface area contributed by atoms with Gasteiger partial charge >= 0.3 is 0 Å². The molecule has 0 aliphatic carbocycles. The number of nitrogens with zero attached hydrogens (tertiary/aromatic N) is 2. The first-order valence-electron chi connectivity index (χ1n) is 9.77. The molecule has 2 atom stereocenters. The molecule has 2 amide bonds. The maximum absolute atomic E-state index is 12.3. The smallest absolute Gasteiger partial charge is 0.269 e. The lowest BCUT2D eigenvalue weighted by atomic mass is 10.1. The van der Waals surface area contributed by atoms with Gasteiger partial charge in [0, 0.05) is 38.6 Å². The van der Waals surface area contributed by atoms with Crippen molar-refractivity contribution in [3.8, 4) is 0 Å². The van der Waals surface area contributed by atoms with Gasteiger partial charge in [0.15, 0.2) is 0 Å². The van der Waals surface area contributed by atoms with E-state index in [0.717, 1.165) is 37.3 Å². The van der Waals surface area contributed by atoms with Crippen molar-refractivity contribution >= 4 is 17.5 Å². The number of anilines is 1. The number of carbonyl (C=O) groups is 2. The second-order valence-electron chi connectivity index (χ2n) is 7.30. The van der Waals surface area contributed by atoms with E-state index in [2.05, 4.69) is 25.8 Å². The van der Waals surface area contributed by atoms with Crippen LogP contribution in [-0.2, 0) is 16.0 Å². The minimum Gasteiger partial charge on any atom is -0.389 e. The molecule has 28 heavy (non-hydrogen) atoms. The summed E-state index contributed by atoms with van der Waals surface area (Å²) in [5, 5.41) is 18.7. The third-order valence-electron chi connectivity index (χ3n) is 5.09. The van der Waals surface area contributed by atoms with E-state index in [1.54, 1.807) is 6.07 Å². The van der Waals surface area contributed by atoms with Crippen molar-refractivity contribution < 1.29 is 19.4 Å². The van der Waals surface area contributed by atoms with E-state index in [-0.39, 0.29) is 30.9 Å². The highest BCUT2D eigenvalue weighted by Crippen LogP contribution is 2.19. The van der Waals surface area contributed by atoms with E-state index < -0.39 is 6.10 Å². The number of hydrogen-bond donors (Lipinski definition) is 4. The minimum atomic E-state index is -0.868. The zero-order chi connectivity index (χ0) is 19.9. The number of hydrogen-bond acceptors (Lipinski definition) is 7. The van der Waals surface area contributed by atoms with E-state index in [1.807, 2.05) is 13.1 Å². The Hall–Kier alpha value is -2.23. The summed E-state index contributed by atoms with van der Waals surface area (Å²) in [4.78, 5) is 30.8. The lowest BCUT2D eigenvalue weighted by Gasteiger charge is -2.31. The molecule has 3 heterocycles. The standard InChI is InChI=1S/C19H29N5O4/c1-24-7-8-28-12-13(24)9-18(26)21-10-14(25)11-22-19(27)17-5-4-15-16(23-17)3-2-6-20-15/h4-5,13-14,20,25H,2-3,6-12H2,1H3,(H,21,26)(H,22,27). The molecule has 154 valence electrons. The fraction of sp³-hybridized carbons (Fsp3) is 0.632. The van der Waals surface area contributed by atoms with Gasteiger partial charge in [-0.1, -0.05) is 0 Å². The van der Waals surface area contributed by atoms with Gasteiger partial charge in [0.1, 0.15) is 5.69 Å². The number of ether oxygens (including phenoxy) is 1. The van der Waals surface area contributed by atoms with Crippen LogP contribution in [0.25, 0.3) is 0 Å². The summed E-state index contributed by atoms with van der Waals surface area (Å²) in [6.45, 7) is 3.07. The molecule has 9 nitrogen and oxygen atoms in total. The van der Waals surface area contributed by atoms with Gasteiger partial charge in [-0.15, -0.1) is 0 Å². The summed E-state index contributed by atoms with van der Waals surface area (Å²) >= 11 is 0. The van der Waals surface area contributed by atoms with Gasteiger partial charge in [-0.25, -0.2) is 4.98 Å². The first-order valence-corrected chi connectivity index (χ1v) is 9.77. The molecule has 1 fully saturated rings. The maximum Gasteiger partial charge on any atom is 0.269 e. The van der Waals surface area contributed by atoms with Crippen LogP contribution in [0.4, 0.5) is 5.69 Å². The molecule has 1 saturated heterocycles.